The summed E-state index contributed by atoms with van der Waals surface area (Å²) in [6, 6.07) is 7.92. The van der Waals surface area contributed by atoms with Gasteiger partial charge in [-0.2, -0.15) is 0 Å². The molecule has 1 fully saturated rings. The van der Waals surface area contributed by atoms with E-state index in [1.807, 2.05) is 24.3 Å². The van der Waals surface area contributed by atoms with Crippen LogP contribution in [0.15, 0.2) is 28.7 Å². The Morgan fingerprint density at radius 2 is 2.10 bits per heavy atom. The lowest BCUT2D eigenvalue weighted by Gasteiger charge is -2.17. The van der Waals surface area contributed by atoms with Gasteiger partial charge >= 0.3 is 0 Å². The normalized spacial score (nSPS) is 17.6. The summed E-state index contributed by atoms with van der Waals surface area (Å²) in [7, 11) is 1.55. The number of amides is 1. The molecule has 1 aliphatic carbocycles. The largest absolute Gasteiger partial charge is 0.391 e. The van der Waals surface area contributed by atoms with Crippen LogP contribution in [0, 0.1) is 0 Å². The fourth-order valence-electron chi connectivity index (χ4n) is 2.34. The van der Waals surface area contributed by atoms with Gasteiger partial charge in [0.1, 0.15) is 0 Å². The Hall–Kier alpha value is -0.910. The van der Waals surface area contributed by atoms with Gasteiger partial charge in [0.05, 0.1) is 18.1 Å². The summed E-state index contributed by atoms with van der Waals surface area (Å²) in [5, 5.41) is 12.5. The Bertz CT molecular complexity index is 457. The van der Waals surface area contributed by atoms with Crippen LogP contribution < -0.4 is 5.32 Å². The lowest BCUT2D eigenvalue weighted by Crippen LogP contribution is -2.36. The van der Waals surface area contributed by atoms with Gasteiger partial charge in [-0.1, -0.05) is 28.1 Å². The SMILES string of the molecule is COCC(O)CCNC(=O)C1(c2ccc(Br)cc2)CC1. The summed E-state index contributed by atoms with van der Waals surface area (Å²) in [6.45, 7) is 0.773. The van der Waals surface area contributed by atoms with E-state index in [1.54, 1.807) is 7.11 Å². The first-order valence-electron chi connectivity index (χ1n) is 6.80. The van der Waals surface area contributed by atoms with E-state index in [-0.39, 0.29) is 11.3 Å². The van der Waals surface area contributed by atoms with Gasteiger partial charge in [-0.25, -0.2) is 0 Å². The third-order valence-corrected chi connectivity index (χ3v) is 4.23. The van der Waals surface area contributed by atoms with E-state index in [9.17, 15) is 9.90 Å². The van der Waals surface area contributed by atoms with E-state index in [2.05, 4.69) is 21.2 Å². The van der Waals surface area contributed by atoms with Crippen LogP contribution in [0.2, 0.25) is 0 Å². The number of halogens is 1. The molecule has 0 aliphatic heterocycles. The molecule has 2 N–H and O–H groups in total. The zero-order valence-electron chi connectivity index (χ0n) is 11.6. The van der Waals surface area contributed by atoms with Crippen LogP contribution in [-0.2, 0) is 14.9 Å². The molecule has 1 atom stereocenters. The Kier molecular flexibility index (Phi) is 5.18. The van der Waals surface area contributed by atoms with Crippen molar-refractivity contribution < 1.29 is 14.6 Å². The molecule has 2 rings (SSSR count). The molecule has 1 aromatic rings. The van der Waals surface area contributed by atoms with Crippen molar-refractivity contribution >= 4 is 21.8 Å². The first kappa shape index (κ1) is 15.5. The number of carbonyl (C=O) groups excluding carboxylic acids is 1. The number of aliphatic hydroxyl groups excluding tert-OH is 1. The van der Waals surface area contributed by atoms with Crippen LogP contribution in [0.4, 0.5) is 0 Å². The van der Waals surface area contributed by atoms with Crippen molar-refractivity contribution in [3.8, 4) is 0 Å². The summed E-state index contributed by atoms with van der Waals surface area (Å²) in [4.78, 5) is 12.3. The number of ether oxygens (including phenoxy) is 1. The molecule has 4 nitrogen and oxygen atoms in total. The predicted octanol–water partition coefficient (Wildman–Crippen LogP) is 1.99. The van der Waals surface area contributed by atoms with E-state index in [0.29, 0.717) is 19.6 Å². The Morgan fingerprint density at radius 3 is 2.65 bits per heavy atom. The molecular weight excluding hydrogens is 322 g/mol. The fraction of sp³-hybridized carbons (Fsp3) is 0.533. The van der Waals surface area contributed by atoms with Gasteiger partial charge in [0.15, 0.2) is 0 Å². The zero-order chi connectivity index (χ0) is 14.6. The van der Waals surface area contributed by atoms with Crippen LogP contribution in [-0.4, -0.2) is 37.4 Å². The van der Waals surface area contributed by atoms with Crippen LogP contribution in [0.3, 0.4) is 0 Å². The lowest BCUT2D eigenvalue weighted by molar-refractivity contribution is -0.123. The fourth-order valence-corrected chi connectivity index (χ4v) is 2.60. The number of nitrogens with one attached hydrogen (secondary N) is 1. The topological polar surface area (TPSA) is 58.6 Å². The smallest absolute Gasteiger partial charge is 0.230 e. The molecule has 1 aromatic carbocycles. The monoisotopic (exact) mass is 341 g/mol. The van der Waals surface area contributed by atoms with Crippen molar-refractivity contribution in [2.24, 2.45) is 0 Å². The van der Waals surface area contributed by atoms with Crippen molar-refractivity contribution in [2.75, 3.05) is 20.3 Å². The number of carbonyl (C=O) groups is 1. The molecule has 20 heavy (non-hydrogen) atoms. The van der Waals surface area contributed by atoms with Crippen LogP contribution >= 0.6 is 15.9 Å². The van der Waals surface area contributed by atoms with Crippen LogP contribution in [0.1, 0.15) is 24.8 Å². The van der Waals surface area contributed by atoms with E-state index in [1.165, 1.54) is 0 Å². The molecule has 0 heterocycles. The highest BCUT2D eigenvalue weighted by molar-refractivity contribution is 9.10. The molecule has 0 spiro atoms. The van der Waals surface area contributed by atoms with Crippen LogP contribution in [0.5, 0.6) is 0 Å². The maximum atomic E-state index is 12.3. The van der Waals surface area contributed by atoms with Gasteiger partial charge in [-0.3, -0.25) is 4.79 Å². The number of benzene rings is 1. The lowest BCUT2D eigenvalue weighted by atomic mass is 9.95. The third kappa shape index (κ3) is 3.59. The molecule has 1 unspecified atom stereocenters. The predicted molar refractivity (Wildman–Crippen MR) is 80.6 cm³/mol. The zero-order valence-corrected chi connectivity index (χ0v) is 13.1. The van der Waals surface area contributed by atoms with Crippen molar-refractivity contribution in [3.05, 3.63) is 34.3 Å². The highest BCUT2D eigenvalue weighted by Gasteiger charge is 2.50. The summed E-state index contributed by atoms with van der Waals surface area (Å²) in [5.41, 5.74) is 0.711. The maximum Gasteiger partial charge on any atom is 0.230 e. The molecule has 1 aliphatic rings. The second-order valence-corrected chi connectivity index (χ2v) is 6.16. The van der Waals surface area contributed by atoms with E-state index < -0.39 is 6.10 Å². The highest BCUT2D eigenvalue weighted by Crippen LogP contribution is 2.48. The Labute approximate surface area is 127 Å². The van der Waals surface area contributed by atoms with Gasteiger partial charge in [0, 0.05) is 18.1 Å². The second kappa shape index (κ2) is 6.70. The van der Waals surface area contributed by atoms with Gasteiger partial charge < -0.3 is 15.2 Å². The average Bonchev–Trinajstić information content (AvgIpc) is 3.21. The first-order valence-corrected chi connectivity index (χ1v) is 7.59. The summed E-state index contributed by atoms with van der Waals surface area (Å²) < 4.78 is 5.87. The number of hydrogen-bond acceptors (Lipinski definition) is 3. The number of methoxy groups -OCH3 is 1. The molecule has 1 saturated carbocycles. The molecule has 0 saturated heterocycles. The van der Waals surface area contributed by atoms with Crippen LogP contribution in [0.25, 0.3) is 0 Å². The Balaban J connectivity index is 1.87. The molecule has 0 radical (unpaired) electrons. The number of aliphatic hydroxyl groups is 1. The van der Waals surface area contributed by atoms with E-state index >= 15 is 0 Å². The number of hydrogen-bond donors (Lipinski definition) is 2. The molecular formula is C15H20BrNO3. The van der Waals surface area contributed by atoms with Crippen molar-refractivity contribution in [1.82, 2.24) is 5.32 Å². The second-order valence-electron chi connectivity index (χ2n) is 5.24. The van der Waals surface area contributed by atoms with Gasteiger partial charge in [0.25, 0.3) is 0 Å². The van der Waals surface area contributed by atoms with E-state index in [0.717, 1.165) is 22.9 Å². The quantitative estimate of drug-likeness (QED) is 0.797. The van der Waals surface area contributed by atoms with Gasteiger partial charge in [-0.15, -0.1) is 0 Å². The first-order chi connectivity index (χ1) is 9.58. The standard InChI is InChI=1S/C15H20BrNO3/c1-20-10-13(18)6-9-17-14(19)15(7-8-15)11-2-4-12(16)5-3-11/h2-5,13,18H,6-10H2,1H3,(H,17,19). The number of rotatable bonds is 7. The summed E-state index contributed by atoms with van der Waals surface area (Å²) >= 11 is 3.40. The van der Waals surface area contributed by atoms with Crippen molar-refractivity contribution in [1.29, 1.82) is 0 Å². The maximum absolute atomic E-state index is 12.3. The minimum absolute atomic E-state index is 0.0597. The van der Waals surface area contributed by atoms with Gasteiger partial charge in [-0.05, 0) is 37.0 Å². The summed E-state index contributed by atoms with van der Waals surface area (Å²) in [5.74, 6) is 0.0597. The Morgan fingerprint density at radius 1 is 1.45 bits per heavy atom. The third-order valence-electron chi connectivity index (χ3n) is 3.70. The minimum atomic E-state index is -0.525. The highest BCUT2D eigenvalue weighted by atomic mass is 79.9. The van der Waals surface area contributed by atoms with Crippen molar-refractivity contribution in [3.63, 3.8) is 0 Å². The molecule has 110 valence electrons. The molecule has 0 aromatic heterocycles. The molecule has 5 heteroatoms. The summed E-state index contributed by atoms with van der Waals surface area (Å²) in [6.07, 6.45) is 1.76. The van der Waals surface area contributed by atoms with E-state index in [4.69, 9.17) is 4.74 Å². The molecule has 1 amide bonds. The average molecular weight is 342 g/mol. The minimum Gasteiger partial charge on any atom is -0.391 e. The van der Waals surface area contributed by atoms with Gasteiger partial charge in [0.2, 0.25) is 5.91 Å². The molecule has 0 bridgehead atoms. The van der Waals surface area contributed by atoms with Crippen molar-refractivity contribution in [2.45, 2.75) is 30.8 Å².